The smallest absolute Gasteiger partial charge is 0.337 e. The van der Waals surface area contributed by atoms with Crippen LogP contribution in [0.3, 0.4) is 0 Å². The SMILES string of the molecule is [C-]#[N+]c1ccccc1-c1c(-c2cccc(-c3ccc(C(=O)OC)cc3OC)c2)n(S(=O)(=O)c2ccc(C(F)F)cc2)c2ccc(F)cc12. The first-order valence-electron chi connectivity index (χ1n) is 14.4. The van der Waals surface area contributed by atoms with Crippen molar-refractivity contribution in [3.8, 4) is 39.3 Å². The van der Waals surface area contributed by atoms with E-state index in [0.29, 0.717) is 28.0 Å². The van der Waals surface area contributed by atoms with Crippen LogP contribution in [0.15, 0.2) is 114 Å². The van der Waals surface area contributed by atoms with Crippen molar-refractivity contribution in [1.82, 2.24) is 3.97 Å². The van der Waals surface area contributed by atoms with Crippen molar-refractivity contribution in [2.45, 2.75) is 11.3 Å². The van der Waals surface area contributed by atoms with Gasteiger partial charge in [-0.1, -0.05) is 54.6 Å². The molecule has 0 saturated carbocycles. The van der Waals surface area contributed by atoms with Gasteiger partial charge in [0.15, 0.2) is 5.69 Å². The number of carbonyl (C=O) groups is 1. The van der Waals surface area contributed by atoms with Crippen LogP contribution >= 0.6 is 0 Å². The van der Waals surface area contributed by atoms with Crippen molar-refractivity contribution in [1.29, 1.82) is 0 Å². The summed E-state index contributed by atoms with van der Waals surface area (Å²) in [6.07, 6.45) is -2.80. The van der Waals surface area contributed by atoms with Gasteiger partial charge in [0.25, 0.3) is 16.4 Å². The maximum Gasteiger partial charge on any atom is 0.337 e. The number of benzene rings is 5. The van der Waals surface area contributed by atoms with Gasteiger partial charge >= 0.3 is 5.97 Å². The molecule has 240 valence electrons. The molecule has 0 unspecified atom stereocenters. The van der Waals surface area contributed by atoms with Crippen molar-refractivity contribution in [3.63, 3.8) is 0 Å². The predicted molar refractivity (Wildman–Crippen MR) is 176 cm³/mol. The van der Waals surface area contributed by atoms with Crippen LogP contribution in [0.1, 0.15) is 22.3 Å². The summed E-state index contributed by atoms with van der Waals surface area (Å²) in [6, 6.07) is 26.2. The Labute approximate surface area is 274 Å². The highest BCUT2D eigenvalue weighted by atomic mass is 32.2. The highest BCUT2D eigenvalue weighted by molar-refractivity contribution is 7.90. The van der Waals surface area contributed by atoms with E-state index in [1.165, 1.54) is 32.4 Å². The average molecular weight is 667 g/mol. The van der Waals surface area contributed by atoms with Crippen LogP contribution in [0.25, 0.3) is 49.3 Å². The molecule has 0 fully saturated rings. The van der Waals surface area contributed by atoms with Crippen LogP contribution in [0.2, 0.25) is 0 Å². The minimum atomic E-state index is -4.52. The zero-order valence-electron chi connectivity index (χ0n) is 25.4. The van der Waals surface area contributed by atoms with Gasteiger partial charge in [-0.15, -0.1) is 0 Å². The summed E-state index contributed by atoms with van der Waals surface area (Å²) >= 11 is 0. The molecule has 0 N–H and O–H groups in total. The number of methoxy groups -OCH3 is 2. The van der Waals surface area contributed by atoms with Crippen molar-refractivity contribution in [3.05, 3.63) is 138 Å². The van der Waals surface area contributed by atoms with Gasteiger partial charge in [0, 0.05) is 27.6 Å². The molecule has 0 aliphatic rings. The first-order valence-corrected chi connectivity index (χ1v) is 15.8. The first kappa shape index (κ1) is 32.1. The lowest BCUT2D eigenvalue weighted by Gasteiger charge is -2.16. The maximum absolute atomic E-state index is 14.9. The molecule has 6 aromatic rings. The number of halogens is 3. The quantitative estimate of drug-likeness (QED) is 0.120. The number of hydrogen-bond acceptors (Lipinski definition) is 5. The number of alkyl halides is 2. The molecule has 0 atom stereocenters. The molecular formula is C37H25F3N2O5S. The number of nitrogens with zero attached hydrogens (tertiary/aromatic N) is 2. The summed E-state index contributed by atoms with van der Waals surface area (Å²) in [5.41, 5.74) is 2.56. The molecular weight excluding hydrogens is 641 g/mol. The van der Waals surface area contributed by atoms with Gasteiger partial charge < -0.3 is 9.47 Å². The third-order valence-corrected chi connectivity index (χ3v) is 9.65. The lowest BCUT2D eigenvalue weighted by atomic mass is 9.94. The molecule has 11 heteroatoms. The van der Waals surface area contributed by atoms with E-state index in [4.69, 9.17) is 16.0 Å². The summed E-state index contributed by atoms with van der Waals surface area (Å²) in [7, 11) is -1.81. The topological polar surface area (TPSA) is 79.0 Å². The molecule has 0 aliphatic heterocycles. The standard InChI is InChI=1S/C37H25F3N2O5S/c1-41-31-10-5-4-9-29(31)34-30-21-26(38)14-18-32(30)42(48(44,45)27-15-11-22(12-16-27)36(39)40)35(34)24-8-6-7-23(19-24)28-17-13-25(37(43)47-3)20-33(28)46-2/h4-21,36H,2-3H3. The third-order valence-electron chi connectivity index (χ3n) is 7.92. The zero-order valence-corrected chi connectivity index (χ0v) is 26.3. The number of para-hydroxylation sites is 1. The highest BCUT2D eigenvalue weighted by Crippen LogP contribution is 2.47. The lowest BCUT2D eigenvalue weighted by molar-refractivity contribution is 0.0600. The number of aromatic nitrogens is 1. The molecule has 1 heterocycles. The van der Waals surface area contributed by atoms with E-state index < -0.39 is 28.2 Å². The Balaban J connectivity index is 1.70. The van der Waals surface area contributed by atoms with Gasteiger partial charge in [-0.3, -0.25) is 0 Å². The molecule has 0 radical (unpaired) electrons. The molecule has 7 nitrogen and oxygen atoms in total. The molecule has 5 aromatic carbocycles. The number of rotatable bonds is 8. The van der Waals surface area contributed by atoms with E-state index in [-0.39, 0.29) is 43.9 Å². The lowest BCUT2D eigenvalue weighted by Crippen LogP contribution is -2.14. The Morgan fingerprint density at radius 3 is 2.25 bits per heavy atom. The van der Waals surface area contributed by atoms with Gasteiger partial charge in [0.2, 0.25) is 0 Å². The maximum atomic E-state index is 14.9. The summed E-state index contributed by atoms with van der Waals surface area (Å²) < 4.78 is 82.3. The van der Waals surface area contributed by atoms with E-state index in [9.17, 15) is 26.4 Å². The number of fused-ring (bicyclic) bond motifs is 1. The fourth-order valence-corrected chi connectivity index (χ4v) is 7.25. The Hall–Kier alpha value is -5.86. The molecule has 0 bridgehead atoms. The Bertz CT molecular complexity index is 2360. The van der Waals surface area contributed by atoms with Gasteiger partial charge in [-0.2, -0.15) is 0 Å². The van der Waals surface area contributed by atoms with E-state index in [0.717, 1.165) is 34.3 Å². The molecule has 0 saturated heterocycles. The summed E-state index contributed by atoms with van der Waals surface area (Å²) in [5.74, 6) is -0.834. The van der Waals surface area contributed by atoms with E-state index in [1.54, 1.807) is 60.7 Å². The second-order valence-electron chi connectivity index (χ2n) is 10.6. The molecule has 6 rings (SSSR count). The minimum absolute atomic E-state index is 0.115. The van der Waals surface area contributed by atoms with Gasteiger partial charge in [-0.25, -0.2) is 35.2 Å². The molecule has 0 amide bonds. The zero-order chi connectivity index (χ0) is 34.2. The van der Waals surface area contributed by atoms with Crippen molar-refractivity contribution in [2.24, 2.45) is 0 Å². The second kappa shape index (κ2) is 12.7. The Kier molecular flexibility index (Phi) is 8.52. The predicted octanol–water partition coefficient (Wildman–Crippen LogP) is 9.30. The summed E-state index contributed by atoms with van der Waals surface area (Å²) in [6.45, 7) is 7.85. The van der Waals surface area contributed by atoms with Crippen LogP contribution in [-0.4, -0.2) is 32.6 Å². The van der Waals surface area contributed by atoms with Crippen LogP contribution in [0.4, 0.5) is 18.9 Å². The van der Waals surface area contributed by atoms with Gasteiger partial charge in [0.1, 0.15) is 11.6 Å². The fraction of sp³-hybridized carbons (Fsp3) is 0.0811. The van der Waals surface area contributed by atoms with Crippen LogP contribution < -0.4 is 4.74 Å². The van der Waals surface area contributed by atoms with E-state index >= 15 is 0 Å². The van der Waals surface area contributed by atoms with E-state index in [2.05, 4.69) is 4.85 Å². The Morgan fingerprint density at radius 2 is 1.56 bits per heavy atom. The van der Waals surface area contributed by atoms with Crippen LogP contribution in [0.5, 0.6) is 5.75 Å². The molecule has 1 aromatic heterocycles. The largest absolute Gasteiger partial charge is 0.496 e. The average Bonchev–Trinajstić information content (AvgIpc) is 3.45. The van der Waals surface area contributed by atoms with Crippen molar-refractivity contribution < 1.29 is 35.9 Å². The first-order chi connectivity index (χ1) is 23.1. The van der Waals surface area contributed by atoms with Crippen LogP contribution in [-0.2, 0) is 14.8 Å². The van der Waals surface area contributed by atoms with Gasteiger partial charge in [0.05, 0.1) is 42.5 Å². The number of hydrogen-bond donors (Lipinski definition) is 0. The van der Waals surface area contributed by atoms with Gasteiger partial charge in [-0.05, 0) is 65.7 Å². The molecule has 0 spiro atoms. The minimum Gasteiger partial charge on any atom is -0.496 e. The van der Waals surface area contributed by atoms with Crippen molar-refractivity contribution in [2.75, 3.05) is 14.2 Å². The second-order valence-corrected chi connectivity index (χ2v) is 12.4. The molecule has 0 aliphatic carbocycles. The summed E-state index contributed by atoms with van der Waals surface area (Å²) in [5, 5.41) is 0.222. The third kappa shape index (κ3) is 5.56. The van der Waals surface area contributed by atoms with E-state index in [1.807, 2.05) is 0 Å². The number of ether oxygens (including phenoxy) is 2. The fourth-order valence-electron chi connectivity index (χ4n) is 5.70. The normalized spacial score (nSPS) is 11.4. The monoisotopic (exact) mass is 666 g/mol. The summed E-state index contributed by atoms with van der Waals surface area (Å²) in [4.78, 5) is 15.6. The van der Waals surface area contributed by atoms with Crippen LogP contribution in [0, 0.1) is 12.4 Å². The number of esters is 1. The highest BCUT2D eigenvalue weighted by Gasteiger charge is 2.30. The van der Waals surface area contributed by atoms with Crippen molar-refractivity contribution >= 4 is 32.6 Å². The number of carbonyl (C=O) groups excluding carboxylic acids is 1. The Morgan fingerprint density at radius 1 is 0.833 bits per heavy atom. The molecule has 48 heavy (non-hydrogen) atoms.